The zero-order valence-electron chi connectivity index (χ0n) is 9.02. The summed E-state index contributed by atoms with van der Waals surface area (Å²) >= 11 is 1.92. The Bertz CT molecular complexity index is 157. The first-order valence-electron chi connectivity index (χ1n) is 4.75. The SMILES string of the molecule is CN1C(C)(C)CC([AsH2])CC1(C)C. The van der Waals surface area contributed by atoms with Crippen LogP contribution in [0.5, 0.6) is 0 Å². The van der Waals surface area contributed by atoms with Crippen molar-refractivity contribution in [3.05, 3.63) is 0 Å². The van der Waals surface area contributed by atoms with E-state index in [2.05, 4.69) is 39.6 Å². The molecule has 1 nitrogen and oxygen atoms in total. The Hall–Kier alpha value is 0.518. The Balaban J connectivity index is 2.84. The normalized spacial score (nSPS) is 30.5. The van der Waals surface area contributed by atoms with Gasteiger partial charge in [-0.15, -0.1) is 0 Å². The fourth-order valence-corrected chi connectivity index (χ4v) is 4.87. The molecule has 0 aromatic rings. The maximum atomic E-state index is 2.54. The Morgan fingerprint density at radius 2 is 1.42 bits per heavy atom. The Labute approximate surface area is 85.4 Å². The number of nitrogens with zero attached hydrogens (tertiary/aromatic N) is 1. The van der Waals surface area contributed by atoms with E-state index in [-0.39, 0.29) is 0 Å². The third-order valence-corrected chi connectivity index (χ3v) is 4.33. The summed E-state index contributed by atoms with van der Waals surface area (Å²) in [5, 5.41) is 0. The van der Waals surface area contributed by atoms with E-state index in [0.29, 0.717) is 11.1 Å². The molecular formula is C10H22AsN. The third kappa shape index (κ3) is 1.88. The van der Waals surface area contributed by atoms with Crippen LogP contribution in [0.25, 0.3) is 0 Å². The summed E-state index contributed by atoms with van der Waals surface area (Å²) < 4.78 is 0.929. The molecule has 1 saturated heterocycles. The Morgan fingerprint density at radius 1 is 1.08 bits per heavy atom. The first-order valence-corrected chi connectivity index (χ1v) is 6.15. The fourth-order valence-electron chi connectivity index (χ4n) is 2.45. The molecule has 0 saturated carbocycles. The van der Waals surface area contributed by atoms with Crippen molar-refractivity contribution in [2.75, 3.05) is 7.05 Å². The topological polar surface area (TPSA) is 3.24 Å². The molecule has 1 heterocycles. The second-order valence-electron chi connectivity index (χ2n) is 5.35. The summed E-state index contributed by atoms with van der Waals surface area (Å²) in [6.07, 6.45) is 2.71. The van der Waals surface area contributed by atoms with E-state index < -0.39 is 0 Å². The molecule has 2 heteroatoms. The molecule has 0 N–H and O–H groups in total. The molecule has 1 rings (SSSR count). The third-order valence-electron chi connectivity index (χ3n) is 3.34. The van der Waals surface area contributed by atoms with Crippen molar-refractivity contribution in [1.29, 1.82) is 0 Å². The Kier molecular flexibility index (Phi) is 2.67. The van der Waals surface area contributed by atoms with Gasteiger partial charge < -0.3 is 0 Å². The van der Waals surface area contributed by atoms with Crippen LogP contribution in [0.15, 0.2) is 0 Å². The van der Waals surface area contributed by atoms with Gasteiger partial charge in [0, 0.05) is 0 Å². The van der Waals surface area contributed by atoms with Crippen molar-refractivity contribution in [2.45, 2.75) is 56.3 Å². The molecule has 0 radical (unpaired) electrons. The fraction of sp³-hybridized carbons (Fsp3) is 1.00. The van der Waals surface area contributed by atoms with Gasteiger partial charge in [-0.05, 0) is 0 Å². The predicted molar refractivity (Wildman–Crippen MR) is 57.4 cm³/mol. The van der Waals surface area contributed by atoms with Crippen LogP contribution in [0, 0.1) is 0 Å². The molecule has 12 heavy (non-hydrogen) atoms. The van der Waals surface area contributed by atoms with Crippen LogP contribution in [0.2, 0.25) is 4.71 Å². The van der Waals surface area contributed by atoms with Gasteiger partial charge in [0.05, 0.1) is 0 Å². The second-order valence-corrected chi connectivity index (χ2v) is 7.33. The monoisotopic (exact) mass is 231 g/mol. The molecule has 0 aromatic carbocycles. The van der Waals surface area contributed by atoms with Crippen molar-refractivity contribution in [2.24, 2.45) is 0 Å². The summed E-state index contributed by atoms with van der Waals surface area (Å²) in [5.41, 5.74) is 0.784. The molecule has 0 amide bonds. The average Bonchev–Trinajstić information content (AvgIpc) is 1.80. The summed E-state index contributed by atoms with van der Waals surface area (Å²) in [4.78, 5) is 2.54. The van der Waals surface area contributed by atoms with E-state index in [1.807, 2.05) is 16.9 Å². The zero-order chi connectivity index (χ0) is 9.57. The van der Waals surface area contributed by atoms with Gasteiger partial charge in [0.2, 0.25) is 0 Å². The average molecular weight is 231 g/mol. The first-order chi connectivity index (χ1) is 5.26. The molecule has 0 aromatic heterocycles. The molecule has 0 spiro atoms. The Morgan fingerprint density at radius 3 is 1.75 bits per heavy atom. The van der Waals surface area contributed by atoms with Gasteiger partial charge in [0.15, 0.2) is 0 Å². The summed E-state index contributed by atoms with van der Waals surface area (Å²) in [7, 11) is 2.26. The van der Waals surface area contributed by atoms with E-state index in [9.17, 15) is 0 Å². The number of likely N-dealkylation sites (tertiary alicyclic amines) is 1. The van der Waals surface area contributed by atoms with E-state index >= 15 is 0 Å². The van der Waals surface area contributed by atoms with Crippen LogP contribution in [0.3, 0.4) is 0 Å². The van der Waals surface area contributed by atoms with Crippen molar-refractivity contribution in [3.63, 3.8) is 0 Å². The van der Waals surface area contributed by atoms with Crippen LogP contribution in [-0.4, -0.2) is 39.9 Å². The number of hydrogen-bond acceptors (Lipinski definition) is 1. The summed E-state index contributed by atoms with van der Waals surface area (Å²) in [6.45, 7) is 9.45. The minimum absolute atomic E-state index is 0.392. The van der Waals surface area contributed by atoms with E-state index in [4.69, 9.17) is 0 Å². The summed E-state index contributed by atoms with van der Waals surface area (Å²) in [5.74, 6) is 0. The van der Waals surface area contributed by atoms with Crippen LogP contribution >= 0.6 is 0 Å². The number of rotatable bonds is 0. The van der Waals surface area contributed by atoms with E-state index in [1.54, 1.807) is 0 Å². The minimum atomic E-state index is 0.392. The molecule has 1 aliphatic heterocycles. The quantitative estimate of drug-likeness (QED) is 0.573. The molecule has 72 valence electrons. The van der Waals surface area contributed by atoms with Gasteiger partial charge in [0.1, 0.15) is 0 Å². The van der Waals surface area contributed by atoms with Crippen LogP contribution < -0.4 is 0 Å². The number of hydrogen-bond donors (Lipinski definition) is 0. The van der Waals surface area contributed by atoms with Crippen molar-refractivity contribution >= 4 is 16.9 Å². The number of piperidine rings is 1. The molecular weight excluding hydrogens is 209 g/mol. The molecule has 0 aliphatic carbocycles. The van der Waals surface area contributed by atoms with Gasteiger partial charge in [0.25, 0.3) is 0 Å². The van der Waals surface area contributed by atoms with Gasteiger partial charge in [-0.3, -0.25) is 0 Å². The maximum absolute atomic E-state index is 2.54. The summed E-state index contributed by atoms with van der Waals surface area (Å²) in [6, 6.07) is 0. The van der Waals surface area contributed by atoms with Crippen LogP contribution in [0.4, 0.5) is 0 Å². The van der Waals surface area contributed by atoms with Crippen molar-refractivity contribution < 1.29 is 0 Å². The van der Waals surface area contributed by atoms with Gasteiger partial charge in [-0.25, -0.2) is 0 Å². The molecule has 0 bridgehead atoms. The van der Waals surface area contributed by atoms with Gasteiger partial charge in [-0.1, -0.05) is 0 Å². The second kappa shape index (κ2) is 3.03. The van der Waals surface area contributed by atoms with Crippen LogP contribution in [0.1, 0.15) is 40.5 Å². The standard InChI is InChI=1S/C10H22AsN/c1-9(2)6-8(11)7-10(3,4)12(9)5/h8H,6-7,11H2,1-5H3. The van der Waals surface area contributed by atoms with E-state index in [0.717, 1.165) is 4.71 Å². The van der Waals surface area contributed by atoms with Crippen molar-refractivity contribution in [3.8, 4) is 0 Å². The first kappa shape index (κ1) is 10.6. The van der Waals surface area contributed by atoms with Crippen molar-refractivity contribution in [1.82, 2.24) is 4.90 Å². The van der Waals surface area contributed by atoms with Gasteiger partial charge >= 0.3 is 85.1 Å². The van der Waals surface area contributed by atoms with Gasteiger partial charge in [-0.2, -0.15) is 0 Å². The molecule has 1 atom stereocenters. The zero-order valence-corrected chi connectivity index (χ0v) is 11.4. The molecule has 1 fully saturated rings. The van der Waals surface area contributed by atoms with E-state index in [1.165, 1.54) is 12.8 Å². The predicted octanol–water partition coefficient (Wildman–Crippen LogP) is 1.69. The van der Waals surface area contributed by atoms with Crippen LogP contribution in [-0.2, 0) is 0 Å². The molecule has 1 unspecified atom stereocenters. The molecule has 1 aliphatic rings.